The molecule has 0 aliphatic heterocycles. The number of hydrogen-bond donors (Lipinski definition) is 0. The standard InChI is InChI=1S/C11H12O/c1-12-11-7-6-9-4-2-3-5-10(9)8-11/h2-6,8,11H,7H2,1H3. The van der Waals surface area contributed by atoms with E-state index in [1.54, 1.807) is 7.11 Å². The van der Waals surface area contributed by atoms with Crippen molar-refractivity contribution in [2.24, 2.45) is 0 Å². The average Bonchev–Trinajstić information content (AvgIpc) is 2.17. The highest BCUT2D eigenvalue weighted by atomic mass is 16.5. The van der Waals surface area contributed by atoms with Crippen LogP contribution in [0.3, 0.4) is 0 Å². The van der Waals surface area contributed by atoms with Crippen molar-refractivity contribution < 1.29 is 4.74 Å². The van der Waals surface area contributed by atoms with Crippen LogP contribution in [0.1, 0.15) is 6.42 Å². The van der Waals surface area contributed by atoms with Gasteiger partial charge in [-0.15, -0.1) is 0 Å². The summed E-state index contributed by atoms with van der Waals surface area (Å²) >= 11 is 0. The maximum atomic E-state index is 5.26. The van der Waals surface area contributed by atoms with Crippen LogP contribution >= 0.6 is 0 Å². The first-order chi connectivity index (χ1) is 5.90. The first kappa shape index (κ1) is 7.56. The van der Waals surface area contributed by atoms with E-state index in [0.29, 0.717) is 0 Å². The fourth-order valence-electron chi connectivity index (χ4n) is 1.52. The van der Waals surface area contributed by atoms with Crippen LogP contribution in [-0.4, -0.2) is 13.2 Å². The SMILES string of the molecule is COC1C=c2ccccc2=CC1. The normalized spacial score (nSPS) is 20.6. The molecule has 12 heavy (non-hydrogen) atoms. The van der Waals surface area contributed by atoms with Crippen LogP contribution in [0.25, 0.3) is 12.2 Å². The molecule has 1 heteroatoms. The van der Waals surface area contributed by atoms with E-state index in [2.05, 4.69) is 36.4 Å². The molecule has 1 nitrogen and oxygen atoms in total. The van der Waals surface area contributed by atoms with Gasteiger partial charge in [0.2, 0.25) is 0 Å². The maximum Gasteiger partial charge on any atom is 0.0795 e. The molecule has 0 fully saturated rings. The molecule has 0 bridgehead atoms. The molecule has 1 aromatic rings. The Morgan fingerprint density at radius 2 is 2.00 bits per heavy atom. The number of fused-ring (bicyclic) bond motifs is 1. The minimum absolute atomic E-state index is 0.264. The predicted molar refractivity (Wildman–Crippen MR) is 50.0 cm³/mol. The quantitative estimate of drug-likeness (QED) is 0.586. The summed E-state index contributed by atoms with van der Waals surface area (Å²) in [6.45, 7) is 0. The molecule has 0 radical (unpaired) electrons. The summed E-state index contributed by atoms with van der Waals surface area (Å²) in [7, 11) is 1.75. The Balaban J connectivity index is 2.56. The van der Waals surface area contributed by atoms with Crippen molar-refractivity contribution in [2.45, 2.75) is 12.5 Å². The predicted octanol–water partition coefficient (Wildman–Crippen LogP) is 0.666. The molecule has 0 N–H and O–H groups in total. The first-order valence-electron chi connectivity index (χ1n) is 4.20. The lowest BCUT2D eigenvalue weighted by Crippen LogP contribution is -2.30. The number of methoxy groups -OCH3 is 1. The van der Waals surface area contributed by atoms with Crippen LogP contribution in [0.15, 0.2) is 24.3 Å². The van der Waals surface area contributed by atoms with E-state index in [9.17, 15) is 0 Å². The maximum absolute atomic E-state index is 5.26. The molecular formula is C11H12O. The molecule has 1 aliphatic carbocycles. The Bertz CT molecular complexity index is 378. The molecule has 0 saturated heterocycles. The Morgan fingerprint density at radius 1 is 1.25 bits per heavy atom. The third-order valence-electron chi connectivity index (χ3n) is 2.23. The fraction of sp³-hybridized carbons (Fsp3) is 0.273. The van der Waals surface area contributed by atoms with Crippen molar-refractivity contribution >= 4 is 12.2 Å². The molecule has 62 valence electrons. The summed E-state index contributed by atoms with van der Waals surface area (Å²) < 4.78 is 5.26. The molecule has 2 rings (SSSR count). The molecule has 1 aliphatic rings. The van der Waals surface area contributed by atoms with Crippen LogP contribution in [-0.2, 0) is 4.74 Å². The number of benzene rings is 1. The van der Waals surface area contributed by atoms with Gasteiger partial charge in [0, 0.05) is 7.11 Å². The molecule has 1 atom stereocenters. The molecule has 0 spiro atoms. The van der Waals surface area contributed by atoms with Gasteiger partial charge in [-0.2, -0.15) is 0 Å². The van der Waals surface area contributed by atoms with Crippen LogP contribution in [0.5, 0.6) is 0 Å². The summed E-state index contributed by atoms with van der Waals surface area (Å²) in [4.78, 5) is 0. The van der Waals surface area contributed by atoms with Gasteiger partial charge < -0.3 is 4.74 Å². The largest absolute Gasteiger partial charge is 0.377 e. The van der Waals surface area contributed by atoms with E-state index in [4.69, 9.17) is 4.74 Å². The second-order valence-electron chi connectivity index (χ2n) is 3.01. The van der Waals surface area contributed by atoms with Gasteiger partial charge in [-0.3, -0.25) is 0 Å². The Kier molecular flexibility index (Phi) is 1.96. The first-order valence-corrected chi connectivity index (χ1v) is 4.20. The summed E-state index contributed by atoms with van der Waals surface area (Å²) in [6, 6.07) is 8.38. The van der Waals surface area contributed by atoms with Gasteiger partial charge in [0.05, 0.1) is 6.10 Å². The van der Waals surface area contributed by atoms with Gasteiger partial charge in [0.25, 0.3) is 0 Å². The van der Waals surface area contributed by atoms with Gasteiger partial charge in [-0.1, -0.05) is 30.3 Å². The Labute approximate surface area is 72.0 Å². The summed E-state index contributed by atoms with van der Waals surface area (Å²) in [5.41, 5.74) is 0. The highest BCUT2D eigenvalue weighted by molar-refractivity contribution is 5.41. The van der Waals surface area contributed by atoms with Gasteiger partial charge in [-0.05, 0) is 22.9 Å². The van der Waals surface area contributed by atoms with Crippen LogP contribution < -0.4 is 10.4 Å². The molecule has 0 amide bonds. The summed E-state index contributed by atoms with van der Waals surface area (Å²) in [5, 5.41) is 2.61. The van der Waals surface area contributed by atoms with Crippen molar-refractivity contribution in [1.82, 2.24) is 0 Å². The number of rotatable bonds is 1. The van der Waals surface area contributed by atoms with E-state index in [0.717, 1.165) is 6.42 Å². The molecule has 1 unspecified atom stereocenters. The molecule has 0 aromatic heterocycles. The van der Waals surface area contributed by atoms with Crippen LogP contribution in [0, 0.1) is 0 Å². The Hall–Kier alpha value is -1.08. The lowest BCUT2D eigenvalue weighted by atomic mass is 10.1. The summed E-state index contributed by atoms with van der Waals surface area (Å²) in [6.07, 6.45) is 5.66. The second kappa shape index (κ2) is 3.11. The van der Waals surface area contributed by atoms with Gasteiger partial charge in [-0.25, -0.2) is 0 Å². The molecule has 1 aromatic carbocycles. The van der Waals surface area contributed by atoms with Crippen molar-refractivity contribution in [2.75, 3.05) is 7.11 Å². The zero-order valence-corrected chi connectivity index (χ0v) is 7.16. The van der Waals surface area contributed by atoms with Gasteiger partial charge in [0.15, 0.2) is 0 Å². The fourth-order valence-corrected chi connectivity index (χ4v) is 1.52. The van der Waals surface area contributed by atoms with E-state index in [1.807, 2.05) is 0 Å². The lowest BCUT2D eigenvalue weighted by Gasteiger charge is -2.11. The van der Waals surface area contributed by atoms with E-state index in [1.165, 1.54) is 10.4 Å². The Morgan fingerprint density at radius 3 is 2.75 bits per heavy atom. The van der Waals surface area contributed by atoms with Gasteiger partial charge in [0.1, 0.15) is 0 Å². The molecule has 0 heterocycles. The number of hydrogen-bond acceptors (Lipinski definition) is 1. The van der Waals surface area contributed by atoms with Crippen molar-refractivity contribution in [3.63, 3.8) is 0 Å². The smallest absolute Gasteiger partial charge is 0.0795 e. The molecular weight excluding hydrogens is 148 g/mol. The van der Waals surface area contributed by atoms with E-state index in [-0.39, 0.29) is 6.10 Å². The minimum Gasteiger partial charge on any atom is -0.377 e. The lowest BCUT2D eigenvalue weighted by molar-refractivity contribution is 0.157. The minimum atomic E-state index is 0.264. The zero-order chi connectivity index (χ0) is 8.39. The highest BCUT2D eigenvalue weighted by Gasteiger charge is 2.03. The van der Waals surface area contributed by atoms with Crippen molar-refractivity contribution in [3.8, 4) is 0 Å². The van der Waals surface area contributed by atoms with Crippen molar-refractivity contribution in [1.29, 1.82) is 0 Å². The number of ether oxygens (including phenoxy) is 1. The second-order valence-corrected chi connectivity index (χ2v) is 3.01. The highest BCUT2D eigenvalue weighted by Crippen LogP contribution is 2.01. The van der Waals surface area contributed by atoms with E-state index < -0.39 is 0 Å². The third kappa shape index (κ3) is 1.28. The van der Waals surface area contributed by atoms with E-state index >= 15 is 0 Å². The third-order valence-corrected chi connectivity index (χ3v) is 2.23. The van der Waals surface area contributed by atoms with Crippen molar-refractivity contribution in [3.05, 3.63) is 34.7 Å². The monoisotopic (exact) mass is 160 g/mol. The summed E-state index contributed by atoms with van der Waals surface area (Å²) in [5.74, 6) is 0. The molecule has 0 saturated carbocycles. The van der Waals surface area contributed by atoms with Crippen LogP contribution in [0.2, 0.25) is 0 Å². The van der Waals surface area contributed by atoms with Gasteiger partial charge >= 0.3 is 0 Å². The zero-order valence-electron chi connectivity index (χ0n) is 7.16. The van der Waals surface area contributed by atoms with Crippen LogP contribution in [0.4, 0.5) is 0 Å². The topological polar surface area (TPSA) is 9.23 Å². The average molecular weight is 160 g/mol.